The highest BCUT2D eigenvalue weighted by molar-refractivity contribution is 5.68. The third-order valence-electron chi connectivity index (χ3n) is 5.53. The lowest BCUT2D eigenvalue weighted by Crippen LogP contribution is -2.44. The molecule has 0 saturated carbocycles. The maximum atomic E-state index is 12.2. The van der Waals surface area contributed by atoms with E-state index >= 15 is 0 Å². The topological polar surface area (TPSA) is 118 Å². The fourth-order valence-corrected chi connectivity index (χ4v) is 3.82. The first-order valence-electron chi connectivity index (χ1n) is 11.4. The molecule has 2 aromatic rings. The average molecular weight is 475 g/mol. The number of hydrogen-bond acceptors (Lipinski definition) is 8. The first kappa shape index (κ1) is 23.7. The molecule has 0 spiro atoms. The zero-order chi connectivity index (χ0) is 24.3. The summed E-state index contributed by atoms with van der Waals surface area (Å²) in [5.74, 6) is 1.20. The van der Waals surface area contributed by atoms with Crippen LogP contribution in [-0.2, 0) is 11.3 Å². The number of carbonyl (C=O) groups is 1. The minimum Gasteiger partial charge on any atom is -0.490 e. The number of hydrogen-bond donors (Lipinski definition) is 0. The SMILES string of the molecule is CC(C)(C)OC(=O)N1CCC(Oc2ccc(OC[C@@H]3CCn4cc([N+](=O)[O-])nc4O3)cc2)CC1. The van der Waals surface area contributed by atoms with E-state index in [1.807, 2.05) is 45.0 Å². The van der Waals surface area contributed by atoms with E-state index in [-0.39, 0.29) is 30.1 Å². The van der Waals surface area contributed by atoms with Gasteiger partial charge in [0.15, 0.2) is 0 Å². The van der Waals surface area contributed by atoms with Crippen molar-refractivity contribution >= 4 is 11.9 Å². The van der Waals surface area contributed by atoms with E-state index in [2.05, 4.69) is 4.98 Å². The molecular weight excluding hydrogens is 444 g/mol. The van der Waals surface area contributed by atoms with Crippen molar-refractivity contribution in [1.82, 2.24) is 14.5 Å². The highest BCUT2D eigenvalue weighted by Crippen LogP contribution is 2.26. The second-order valence-corrected chi connectivity index (χ2v) is 9.43. The van der Waals surface area contributed by atoms with E-state index < -0.39 is 10.5 Å². The Balaban J connectivity index is 1.20. The van der Waals surface area contributed by atoms with E-state index in [9.17, 15) is 14.9 Å². The Morgan fingerprint density at radius 3 is 2.47 bits per heavy atom. The molecule has 2 aliphatic heterocycles. The molecule has 0 unspecified atom stereocenters. The van der Waals surface area contributed by atoms with E-state index in [1.54, 1.807) is 9.47 Å². The number of fused-ring (bicyclic) bond motifs is 1. The van der Waals surface area contributed by atoms with Gasteiger partial charge in [0.1, 0.15) is 42.1 Å². The normalized spacial score (nSPS) is 18.6. The van der Waals surface area contributed by atoms with E-state index in [0.29, 0.717) is 38.4 Å². The van der Waals surface area contributed by atoms with Gasteiger partial charge in [-0.2, -0.15) is 0 Å². The van der Waals surface area contributed by atoms with E-state index in [4.69, 9.17) is 18.9 Å². The molecule has 11 heteroatoms. The number of rotatable bonds is 6. The lowest BCUT2D eigenvalue weighted by molar-refractivity contribution is -0.389. The van der Waals surface area contributed by atoms with Crippen LogP contribution in [0.2, 0.25) is 0 Å². The second-order valence-electron chi connectivity index (χ2n) is 9.43. The Labute approximate surface area is 197 Å². The van der Waals surface area contributed by atoms with Crippen LogP contribution < -0.4 is 14.2 Å². The monoisotopic (exact) mass is 474 g/mol. The smallest absolute Gasteiger partial charge is 0.414 e. The van der Waals surface area contributed by atoms with Gasteiger partial charge in [-0.3, -0.25) is 4.57 Å². The van der Waals surface area contributed by atoms with E-state index in [0.717, 1.165) is 18.6 Å². The van der Waals surface area contributed by atoms with Gasteiger partial charge < -0.3 is 34.0 Å². The zero-order valence-corrected chi connectivity index (χ0v) is 19.6. The number of aryl methyl sites for hydroxylation is 1. The first-order chi connectivity index (χ1) is 16.2. The molecule has 1 fully saturated rings. The molecular formula is C23H30N4O7. The number of piperidine rings is 1. The van der Waals surface area contributed by atoms with Crippen LogP contribution in [0.15, 0.2) is 30.5 Å². The fraction of sp³-hybridized carbons (Fsp3) is 0.565. The third-order valence-corrected chi connectivity index (χ3v) is 5.53. The quantitative estimate of drug-likeness (QED) is 0.458. The minimum absolute atomic E-state index is 0.0360. The largest absolute Gasteiger partial charge is 0.490 e. The van der Waals surface area contributed by atoms with Gasteiger partial charge in [-0.25, -0.2) is 4.79 Å². The molecule has 34 heavy (non-hydrogen) atoms. The molecule has 1 amide bonds. The van der Waals surface area contributed by atoms with Crippen molar-refractivity contribution < 1.29 is 28.7 Å². The van der Waals surface area contributed by atoms with Crippen LogP contribution in [0.25, 0.3) is 0 Å². The molecule has 1 saturated heterocycles. The number of nitro groups is 1. The molecule has 0 radical (unpaired) electrons. The van der Waals surface area contributed by atoms with Crippen molar-refractivity contribution in [3.05, 3.63) is 40.6 Å². The molecule has 0 N–H and O–H groups in total. The van der Waals surface area contributed by atoms with Crippen LogP contribution in [0.5, 0.6) is 17.5 Å². The summed E-state index contributed by atoms with van der Waals surface area (Å²) in [4.78, 5) is 28.1. The van der Waals surface area contributed by atoms with Crippen LogP contribution in [0, 0.1) is 10.1 Å². The van der Waals surface area contributed by atoms with Crippen molar-refractivity contribution in [2.24, 2.45) is 0 Å². The second kappa shape index (κ2) is 9.78. The number of ether oxygens (including phenoxy) is 4. The van der Waals surface area contributed by atoms with Crippen LogP contribution in [0.1, 0.15) is 40.0 Å². The van der Waals surface area contributed by atoms with Gasteiger partial charge in [0.05, 0.1) is 0 Å². The standard InChI is InChI=1S/C23H30N4O7/c1-23(2,3)34-22(28)25-11-8-18(9-12-25)32-17-6-4-16(5-7-17)31-15-19-10-13-26-14-20(27(29)30)24-21(26)33-19/h4-7,14,18-19H,8-13,15H2,1-3H3/t19-/m0/s1. The molecule has 3 heterocycles. The van der Waals surface area contributed by atoms with Gasteiger partial charge in [-0.05, 0) is 50.0 Å². The number of aromatic nitrogens is 2. The molecule has 1 aromatic carbocycles. The number of carbonyl (C=O) groups excluding carboxylic acids is 1. The summed E-state index contributed by atoms with van der Waals surface area (Å²) in [5.41, 5.74) is -0.500. The maximum absolute atomic E-state index is 12.2. The molecule has 1 aromatic heterocycles. The molecule has 1 atom stereocenters. The lowest BCUT2D eigenvalue weighted by Gasteiger charge is -2.33. The predicted octanol–water partition coefficient (Wildman–Crippen LogP) is 3.80. The first-order valence-corrected chi connectivity index (χ1v) is 11.4. The molecule has 0 bridgehead atoms. The van der Waals surface area contributed by atoms with Crippen LogP contribution in [-0.4, -0.2) is 63.0 Å². The highest BCUT2D eigenvalue weighted by atomic mass is 16.6. The maximum Gasteiger partial charge on any atom is 0.414 e. The van der Waals surface area contributed by atoms with Crippen molar-refractivity contribution in [3.63, 3.8) is 0 Å². The van der Waals surface area contributed by atoms with Gasteiger partial charge in [-0.15, -0.1) is 0 Å². The minimum atomic E-state index is -0.534. The van der Waals surface area contributed by atoms with Crippen molar-refractivity contribution in [1.29, 1.82) is 0 Å². The molecule has 2 aliphatic rings. The fourth-order valence-electron chi connectivity index (χ4n) is 3.82. The predicted molar refractivity (Wildman–Crippen MR) is 121 cm³/mol. The van der Waals surface area contributed by atoms with Crippen LogP contribution >= 0.6 is 0 Å². The number of imidazole rings is 1. The highest BCUT2D eigenvalue weighted by Gasteiger charge is 2.29. The summed E-state index contributed by atoms with van der Waals surface area (Å²) < 4.78 is 24.7. The zero-order valence-electron chi connectivity index (χ0n) is 19.6. The Hall–Kier alpha value is -3.50. The Morgan fingerprint density at radius 1 is 1.15 bits per heavy atom. The van der Waals surface area contributed by atoms with Gasteiger partial charge in [0.2, 0.25) is 0 Å². The number of likely N-dealkylation sites (tertiary alicyclic amines) is 1. The summed E-state index contributed by atoms with van der Waals surface area (Å²) in [7, 11) is 0. The Bertz CT molecular complexity index is 1010. The van der Waals surface area contributed by atoms with Gasteiger partial charge in [0.25, 0.3) is 0 Å². The summed E-state index contributed by atoms with van der Waals surface area (Å²) in [6.45, 7) is 7.68. The van der Waals surface area contributed by atoms with Crippen LogP contribution in [0.3, 0.4) is 0 Å². The van der Waals surface area contributed by atoms with Gasteiger partial charge in [-0.1, -0.05) is 0 Å². The van der Waals surface area contributed by atoms with Crippen molar-refractivity contribution in [3.8, 4) is 17.5 Å². The molecule has 184 valence electrons. The number of amides is 1. The van der Waals surface area contributed by atoms with E-state index in [1.165, 1.54) is 6.20 Å². The van der Waals surface area contributed by atoms with Gasteiger partial charge >= 0.3 is 17.9 Å². The summed E-state index contributed by atoms with van der Waals surface area (Å²) >= 11 is 0. The molecule has 0 aliphatic carbocycles. The molecule has 4 rings (SSSR count). The number of nitrogens with zero attached hydrogens (tertiary/aromatic N) is 4. The Morgan fingerprint density at radius 2 is 1.82 bits per heavy atom. The van der Waals surface area contributed by atoms with Gasteiger partial charge in [0, 0.05) is 43.9 Å². The summed E-state index contributed by atoms with van der Waals surface area (Å²) in [6, 6.07) is 7.62. The summed E-state index contributed by atoms with van der Waals surface area (Å²) in [5, 5.41) is 10.9. The molecule has 11 nitrogen and oxygen atoms in total. The lowest BCUT2D eigenvalue weighted by atomic mass is 10.1. The average Bonchev–Trinajstić information content (AvgIpc) is 3.22. The van der Waals surface area contributed by atoms with Crippen molar-refractivity contribution in [2.45, 2.75) is 64.4 Å². The van der Waals surface area contributed by atoms with Crippen molar-refractivity contribution in [2.75, 3.05) is 19.7 Å². The Kier molecular flexibility index (Phi) is 6.80. The number of benzene rings is 1. The third kappa shape index (κ3) is 6.09. The summed E-state index contributed by atoms with van der Waals surface area (Å²) in [6.07, 6.45) is 3.05. The van der Waals surface area contributed by atoms with Crippen LogP contribution in [0.4, 0.5) is 10.6 Å².